The molecule has 1 amide bonds. The lowest BCUT2D eigenvalue weighted by Gasteiger charge is -2.33. The number of aliphatic imine (C=N–C) groups is 2. The molecule has 2 atom stereocenters. The van der Waals surface area contributed by atoms with Crippen LogP contribution in [0.15, 0.2) is 64.7 Å². The molecule has 0 aromatic heterocycles. The molecule has 0 bridgehead atoms. The van der Waals surface area contributed by atoms with Gasteiger partial charge >= 0.3 is 5.97 Å². The average Bonchev–Trinajstić information content (AvgIpc) is 3.65. The average molecular weight is 607 g/mol. The molecule has 2 saturated heterocycles. The Kier molecular flexibility index (Phi) is 8.97. The molecule has 12 heteroatoms. The quantitative estimate of drug-likeness (QED) is 0.265. The Bertz CT molecular complexity index is 1550. The maximum atomic E-state index is 13.9. The minimum atomic E-state index is -3.22. The van der Waals surface area contributed by atoms with Crippen LogP contribution in [0, 0.1) is 11.8 Å². The number of nitrogens with two attached hydrogens (primary N) is 2. The number of carbonyl (C=O) groups is 2. The molecular weight excluding hydrogens is 568 g/mol. The second kappa shape index (κ2) is 12.7. The van der Waals surface area contributed by atoms with Crippen LogP contribution < -0.4 is 11.5 Å². The molecule has 0 saturated carbocycles. The summed E-state index contributed by atoms with van der Waals surface area (Å²) >= 11 is 0. The highest BCUT2D eigenvalue weighted by molar-refractivity contribution is 7.88. The Hall–Kier alpha value is -4.03. The third-order valence-corrected chi connectivity index (χ3v) is 9.95. The zero-order valence-electron chi connectivity index (χ0n) is 24.5. The van der Waals surface area contributed by atoms with E-state index in [4.69, 9.17) is 21.2 Å². The summed E-state index contributed by atoms with van der Waals surface area (Å²) in [4.78, 5) is 36.3. The van der Waals surface area contributed by atoms with E-state index in [-0.39, 0.29) is 36.2 Å². The molecule has 5 rings (SSSR count). The Labute approximate surface area is 252 Å². The highest BCUT2D eigenvalue weighted by Crippen LogP contribution is 2.39. The van der Waals surface area contributed by atoms with Gasteiger partial charge in [-0.05, 0) is 72.1 Å². The monoisotopic (exact) mass is 606 g/mol. The minimum Gasteiger partial charge on any atom is -0.469 e. The number of hydrogen-bond acceptors (Lipinski definition) is 7. The maximum absolute atomic E-state index is 13.9. The lowest BCUT2D eigenvalue weighted by Crippen LogP contribution is -2.41. The number of methoxy groups -OCH3 is 1. The van der Waals surface area contributed by atoms with Gasteiger partial charge in [-0.3, -0.25) is 14.6 Å². The van der Waals surface area contributed by atoms with Crippen LogP contribution in [0.4, 0.5) is 5.69 Å². The topological polar surface area (TPSA) is 161 Å². The van der Waals surface area contributed by atoms with Gasteiger partial charge in [0, 0.05) is 43.5 Å². The molecular formula is C31H38N6O5S. The van der Waals surface area contributed by atoms with Crippen LogP contribution >= 0.6 is 0 Å². The number of sulfonamides is 1. The maximum Gasteiger partial charge on any atom is 0.309 e. The highest BCUT2D eigenvalue weighted by atomic mass is 32.2. The molecule has 2 aromatic carbocycles. The number of allylic oxidation sites excluding steroid dienone is 1. The highest BCUT2D eigenvalue weighted by Gasteiger charge is 2.43. The second-order valence-electron chi connectivity index (χ2n) is 11.5. The van der Waals surface area contributed by atoms with Crippen molar-refractivity contribution in [3.8, 4) is 0 Å². The number of guanidine groups is 1. The van der Waals surface area contributed by atoms with Crippen LogP contribution in [-0.2, 0) is 26.0 Å². The van der Waals surface area contributed by atoms with Crippen molar-refractivity contribution in [1.82, 2.24) is 9.21 Å². The Morgan fingerprint density at radius 1 is 1.02 bits per heavy atom. The lowest BCUT2D eigenvalue weighted by molar-refractivity contribution is -0.139. The number of piperidine rings is 1. The number of amides is 1. The minimum absolute atomic E-state index is 0.0518. The molecule has 2 aromatic rings. The fourth-order valence-corrected chi connectivity index (χ4v) is 7.20. The van der Waals surface area contributed by atoms with Crippen LogP contribution in [0.25, 0.3) is 5.57 Å². The first-order chi connectivity index (χ1) is 20.5. The van der Waals surface area contributed by atoms with Crippen molar-refractivity contribution in [3.05, 3.63) is 71.4 Å². The smallest absolute Gasteiger partial charge is 0.309 e. The van der Waals surface area contributed by atoms with Crippen molar-refractivity contribution < 1.29 is 22.7 Å². The fourth-order valence-electron chi connectivity index (χ4n) is 6.33. The summed E-state index contributed by atoms with van der Waals surface area (Å²) in [6.45, 7) is 1.59. The van der Waals surface area contributed by atoms with Crippen LogP contribution in [-0.4, -0.2) is 80.2 Å². The fraction of sp³-hybridized carbons (Fsp3) is 0.419. The van der Waals surface area contributed by atoms with Crippen LogP contribution in [0.1, 0.15) is 47.2 Å². The molecule has 2 fully saturated rings. The van der Waals surface area contributed by atoms with Gasteiger partial charge in [-0.25, -0.2) is 17.7 Å². The van der Waals surface area contributed by atoms with Crippen molar-refractivity contribution in [2.24, 2.45) is 33.3 Å². The van der Waals surface area contributed by atoms with Gasteiger partial charge in [0.2, 0.25) is 10.0 Å². The van der Waals surface area contributed by atoms with E-state index in [1.807, 2.05) is 35.4 Å². The van der Waals surface area contributed by atoms with Crippen molar-refractivity contribution in [2.45, 2.75) is 38.1 Å². The first-order valence-corrected chi connectivity index (χ1v) is 16.2. The van der Waals surface area contributed by atoms with Crippen LogP contribution in [0.3, 0.4) is 0 Å². The molecule has 0 spiro atoms. The molecule has 11 nitrogen and oxygen atoms in total. The van der Waals surface area contributed by atoms with E-state index in [2.05, 4.69) is 4.99 Å². The molecule has 228 valence electrons. The van der Waals surface area contributed by atoms with Gasteiger partial charge in [0.25, 0.3) is 5.91 Å². The molecule has 0 aliphatic carbocycles. The van der Waals surface area contributed by atoms with Gasteiger partial charge in [0.1, 0.15) is 0 Å². The van der Waals surface area contributed by atoms with E-state index in [1.54, 1.807) is 28.6 Å². The van der Waals surface area contributed by atoms with Gasteiger partial charge in [-0.15, -0.1) is 0 Å². The predicted octanol–water partition coefficient (Wildman–Crippen LogP) is 2.70. The number of ether oxygens (including phenoxy) is 1. The standard InChI is InChI=1S/C31H38N6O5S/c1-42-29(38)15-20-3-5-21(6-4-20)24-16-27(34-18-24)28-17-25(22-11-13-36(14-12-22)43(2,40)41)19-37(28)30(39)23-7-9-26(10-8-23)35-31(32)33/h3-10,18,22,25,28H,11-17,19H2,1-2H3,(H4,32,33,35)/t25-,28-/m0/s1. The Morgan fingerprint density at radius 2 is 1.70 bits per heavy atom. The van der Waals surface area contributed by atoms with E-state index >= 15 is 0 Å². The number of esters is 1. The number of likely N-dealkylation sites (tertiary alicyclic amines) is 1. The van der Waals surface area contributed by atoms with Gasteiger partial charge in [-0.2, -0.15) is 0 Å². The summed E-state index contributed by atoms with van der Waals surface area (Å²) < 4.78 is 30.4. The van der Waals surface area contributed by atoms with Crippen molar-refractivity contribution >= 4 is 44.8 Å². The van der Waals surface area contributed by atoms with E-state index < -0.39 is 10.0 Å². The normalized spacial score (nSPS) is 21.3. The molecule has 3 heterocycles. The van der Waals surface area contributed by atoms with E-state index in [0.717, 1.165) is 41.7 Å². The summed E-state index contributed by atoms with van der Waals surface area (Å²) in [7, 11) is -1.84. The number of nitrogens with zero attached hydrogens (tertiary/aromatic N) is 4. The molecule has 3 aliphatic rings. The number of rotatable bonds is 8. The van der Waals surface area contributed by atoms with Crippen molar-refractivity contribution in [3.63, 3.8) is 0 Å². The lowest BCUT2D eigenvalue weighted by atomic mass is 9.82. The van der Waals surface area contributed by atoms with Crippen molar-refractivity contribution in [2.75, 3.05) is 33.0 Å². The zero-order valence-corrected chi connectivity index (χ0v) is 25.3. The van der Waals surface area contributed by atoms with Gasteiger partial charge < -0.3 is 21.1 Å². The SMILES string of the molecule is COC(=O)Cc1ccc(C2=CN=C([C@@H]3C[C@H](C4CCN(S(C)(=O)=O)CC4)CN3C(=O)c3ccc(N=C(N)N)cc3)C2)cc1. The number of carbonyl (C=O) groups excluding carboxylic acids is 2. The second-order valence-corrected chi connectivity index (χ2v) is 13.4. The van der Waals surface area contributed by atoms with Gasteiger partial charge in [0.15, 0.2) is 5.96 Å². The van der Waals surface area contributed by atoms with E-state index in [1.165, 1.54) is 13.4 Å². The summed E-state index contributed by atoms with van der Waals surface area (Å²) in [5.74, 6) is 0.136. The summed E-state index contributed by atoms with van der Waals surface area (Å²) in [5, 5.41) is 0. The molecule has 43 heavy (non-hydrogen) atoms. The van der Waals surface area contributed by atoms with Gasteiger partial charge in [0.05, 0.1) is 31.5 Å². The number of hydrogen-bond donors (Lipinski definition) is 2. The van der Waals surface area contributed by atoms with Crippen molar-refractivity contribution in [1.29, 1.82) is 0 Å². The molecule has 0 unspecified atom stereocenters. The molecule has 4 N–H and O–H groups in total. The summed E-state index contributed by atoms with van der Waals surface area (Å²) in [6, 6.07) is 14.5. The third-order valence-electron chi connectivity index (χ3n) is 8.64. The summed E-state index contributed by atoms with van der Waals surface area (Å²) in [6.07, 6.45) is 6.28. The molecule has 3 aliphatic heterocycles. The van der Waals surface area contributed by atoms with Gasteiger partial charge in [-0.1, -0.05) is 24.3 Å². The number of benzene rings is 2. The van der Waals surface area contributed by atoms with Crippen LogP contribution in [0.5, 0.6) is 0 Å². The Morgan fingerprint density at radius 3 is 2.30 bits per heavy atom. The third kappa shape index (κ3) is 7.14. The largest absolute Gasteiger partial charge is 0.469 e. The Balaban J connectivity index is 1.33. The van der Waals surface area contributed by atoms with E-state index in [0.29, 0.717) is 43.2 Å². The molecule has 0 radical (unpaired) electrons. The van der Waals surface area contributed by atoms with E-state index in [9.17, 15) is 18.0 Å². The zero-order chi connectivity index (χ0) is 30.7. The first kappa shape index (κ1) is 30.4. The predicted molar refractivity (Wildman–Crippen MR) is 166 cm³/mol. The first-order valence-electron chi connectivity index (χ1n) is 14.4. The summed E-state index contributed by atoms with van der Waals surface area (Å²) in [5.41, 5.74) is 16.0. The van der Waals surface area contributed by atoms with Crippen LogP contribution in [0.2, 0.25) is 0 Å².